The van der Waals surface area contributed by atoms with Gasteiger partial charge in [0.05, 0.1) is 12.7 Å². The minimum Gasteiger partial charge on any atom is -0.496 e. The van der Waals surface area contributed by atoms with Crippen LogP contribution in [0.2, 0.25) is 0 Å². The zero-order chi connectivity index (χ0) is 15.4. The molecule has 0 aromatic heterocycles. The average Bonchev–Trinajstić information content (AvgIpc) is 2.45. The van der Waals surface area contributed by atoms with E-state index in [0.29, 0.717) is 15.9 Å². The zero-order valence-corrected chi connectivity index (χ0v) is 12.9. The fourth-order valence-corrected chi connectivity index (χ4v) is 2.21. The Bertz CT molecular complexity index is 677. The fraction of sp³-hybridized carbons (Fsp3) is 0.133. The molecule has 1 amide bonds. The highest BCUT2D eigenvalue weighted by Crippen LogP contribution is 2.21. The Morgan fingerprint density at radius 1 is 1.33 bits per heavy atom. The van der Waals surface area contributed by atoms with Crippen LogP contribution < -0.4 is 15.8 Å². The molecule has 0 unspecified atom stereocenters. The maximum atomic E-state index is 13.7. The van der Waals surface area contributed by atoms with E-state index >= 15 is 0 Å². The fourth-order valence-electron chi connectivity index (χ4n) is 1.88. The number of halogens is 2. The summed E-state index contributed by atoms with van der Waals surface area (Å²) in [7, 11) is 1.53. The molecule has 0 bridgehead atoms. The standard InChI is InChI=1S/C15H14BrFN2O2/c1-21-14-5-3-11(18)6-9(14)8-19-15(20)12-4-2-10(16)7-13(12)17/h2-7H,8,18H2,1H3,(H,19,20). The third-order valence-electron chi connectivity index (χ3n) is 2.92. The highest BCUT2D eigenvalue weighted by atomic mass is 79.9. The van der Waals surface area contributed by atoms with E-state index in [0.717, 1.165) is 5.56 Å². The molecule has 0 saturated heterocycles. The summed E-state index contributed by atoms with van der Waals surface area (Å²) in [4.78, 5) is 12.0. The number of ether oxygens (including phenoxy) is 1. The van der Waals surface area contributed by atoms with Crippen LogP contribution >= 0.6 is 15.9 Å². The molecular formula is C15H14BrFN2O2. The number of hydrogen-bond donors (Lipinski definition) is 2. The molecule has 0 saturated carbocycles. The molecule has 0 atom stereocenters. The summed E-state index contributed by atoms with van der Waals surface area (Å²) in [5, 5.41) is 2.65. The van der Waals surface area contributed by atoms with Gasteiger partial charge >= 0.3 is 0 Å². The summed E-state index contributed by atoms with van der Waals surface area (Å²) < 4.78 is 19.5. The molecule has 0 fully saturated rings. The van der Waals surface area contributed by atoms with E-state index in [-0.39, 0.29) is 12.1 Å². The largest absolute Gasteiger partial charge is 0.496 e. The lowest BCUT2D eigenvalue weighted by atomic mass is 10.1. The highest BCUT2D eigenvalue weighted by Gasteiger charge is 2.12. The molecule has 0 aliphatic carbocycles. The topological polar surface area (TPSA) is 64.3 Å². The second-order valence-corrected chi connectivity index (χ2v) is 5.29. The first-order valence-electron chi connectivity index (χ1n) is 6.17. The van der Waals surface area contributed by atoms with Gasteiger partial charge in [-0.3, -0.25) is 4.79 Å². The minimum atomic E-state index is -0.582. The Kier molecular flexibility index (Phi) is 4.80. The predicted octanol–water partition coefficient (Wildman–Crippen LogP) is 3.11. The zero-order valence-electron chi connectivity index (χ0n) is 11.3. The van der Waals surface area contributed by atoms with E-state index in [1.165, 1.54) is 19.2 Å². The van der Waals surface area contributed by atoms with Crippen molar-refractivity contribution in [3.63, 3.8) is 0 Å². The van der Waals surface area contributed by atoms with Gasteiger partial charge < -0.3 is 15.8 Å². The number of carbonyl (C=O) groups excluding carboxylic acids is 1. The lowest BCUT2D eigenvalue weighted by Gasteiger charge is -2.11. The monoisotopic (exact) mass is 352 g/mol. The Morgan fingerprint density at radius 3 is 2.76 bits per heavy atom. The lowest BCUT2D eigenvalue weighted by Crippen LogP contribution is -2.24. The van der Waals surface area contributed by atoms with Crippen molar-refractivity contribution in [1.82, 2.24) is 5.32 Å². The van der Waals surface area contributed by atoms with Crippen molar-refractivity contribution in [2.75, 3.05) is 12.8 Å². The van der Waals surface area contributed by atoms with Gasteiger partial charge in [0.15, 0.2) is 0 Å². The second-order valence-electron chi connectivity index (χ2n) is 4.38. The van der Waals surface area contributed by atoms with Gasteiger partial charge in [-0.05, 0) is 36.4 Å². The molecule has 6 heteroatoms. The summed E-state index contributed by atoms with van der Waals surface area (Å²) >= 11 is 3.15. The van der Waals surface area contributed by atoms with Gasteiger partial charge in [-0.15, -0.1) is 0 Å². The van der Waals surface area contributed by atoms with Gasteiger partial charge in [-0.1, -0.05) is 15.9 Å². The number of nitrogens with one attached hydrogen (secondary N) is 1. The molecule has 2 aromatic rings. The first kappa shape index (κ1) is 15.3. The molecule has 3 N–H and O–H groups in total. The van der Waals surface area contributed by atoms with E-state index in [1.807, 2.05) is 0 Å². The van der Waals surface area contributed by atoms with Crippen LogP contribution in [0.25, 0.3) is 0 Å². The predicted molar refractivity (Wildman–Crippen MR) is 82.7 cm³/mol. The first-order chi connectivity index (χ1) is 10.0. The second kappa shape index (κ2) is 6.58. The highest BCUT2D eigenvalue weighted by molar-refractivity contribution is 9.10. The Morgan fingerprint density at radius 2 is 2.10 bits per heavy atom. The van der Waals surface area contributed by atoms with Crippen molar-refractivity contribution < 1.29 is 13.9 Å². The number of amides is 1. The van der Waals surface area contributed by atoms with E-state index in [2.05, 4.69) is 21.2 Å². The first-order valence-corrected chi connectivity index (χ1v) is 6.96. The normalized spacial score (nSPS) is 10.2. The number of methoxy groups -OCH3 is 1. The molecular weight excluding hydrogens is 339 g/mol. The average molecular weight is 353 g/mol. The number of anilines is 1. The van der Waals surface area contributed by atoms with Gasteiger partial charge in [0, 0.05) is 22.3 Å². The van der Waals surface area contributed by atoms with E-state index < -0.39 is 11.7 Å². The summed E-state index contributed by atoms with van der Waals surface area (Å²) in [6.45, 7) is 0.197. The summed E-state index contributed by atoms with van der Waals surface area (Å²) in [5.41, 5.74) is 6.98. The van der Waals surface area contributed by atoms with Gasteiger partial charge in [0.25, 0.3) is 5.91 Å². The van der Waals surface area contributed by atoms with Gasteiger partial charge in [0.1, 0.15) is 11.6 Å². The van der Waals surface area contributed by atoms with Crippen LogP contribution in [0.1, 0.15) is 15.9 Å². The van der Waals surface area contributed by atoms with Crippen LogP contribution in [0.3, 0.4) is 0 Å². The maximum Gasteiger partial charge on any atom is 0.254 e. The van der Waals surface area contributed by atoms with Crippen LogP contribution in [0.4, 0.5) is 10.1 Å². The lowest BCUT2D eigenvalue weighted by molar-refractivity contribution is 0.0946. The van der Waals surface area contributed by atoms with Crippen molar-refractivity contribution in [3.05, 3.63) is 57.8 Å². The minimum absolute atomic E-state index is 0.0129. The van der Waals surface area contributed by atoms with Crippen molar-refractivity contribution in [2.24, 2.45) is 0 Å². The van der Waals surface area contributed by atoms with Crippen molar-refractivity contribution in [1.29, 1.82) is 0 Å². The molecule has 0 aliphatic rings. The quantitative estimate of drug-likeness (QED) is 0.831. The molecule has 0 aliphatic heterocycles. The molecule has 21 heavy (non-hydrogen) atoms. The van der Waals surface area contributed by atoms with Crippen LogP contribution in [-0.4, -0.2) is 13.0 Å². The third kappa shape index (κ3) is 3.72. The molecule has 2 aromatic carbocycles. The molecule has 0 heterocycles. The Balaban J connectivity index is 2.12. The van der Waals surface area contributed by atoms with E-state index in [1.54, 1.807) is 24.3 Å². The summed E-state index contributed by atoms with van der Waals surface area (Å²) in [5.74, 6) is -0.466. The van der Waals surface area contributed by atoms with E-state index in [4.69, 9.17) is 10.5 Å². The number of carbonyl (C=O) groups is 1. The maximum absolute atomic E-state index is 13.7. The van der Waals surface area contributed by atoms with Crippen LogP contribution in [0.15, 0.2) is 40.9 Å². The SMILES string of the molecule is COc1ccc(N)cc1CNC(=O)c1ccc(Br)cc1F. The number of nitrogens with two attached hydrogens (primary N) is 1. The van der Waals surface area contributed by atoms with Crippen molar-refractivity contribution in [2.45, 2.75) is 6.54 Å². The number of benzene rings is 2. The smallest absolute Gasteiger partial charge is 0.254 e. The number of nitrogen functional groups attached to an aromatic ring is 1. The Hall–Kier alpha value is -2.08. The van der Waals surface area contributed by atoms with Gasteiger partial charge in [-0.25, -0.2) is 4.39 Å². The van der Waals surface area contributed by atoms with Gasteiger partial charge in [0.2, 0.25) is 0 Å². The van der Waals surface area contributed by atoms with Crippen LogP contribution in [0, 0.1) is 5.82 Å². The van der Waals surface area contributed by atoms with Crippen LogP contribution in [0.5, 0.6) is 5.75 Å². The molecule has 2 rings (SSSR count). The van der Waals surface area contributed by atoms with Crippen molar-refractivity contribution >= 4 is 27.5 Å². The van der Waals surface area contributed by atoms with Crippen molar-refractivity contribution in [3.8, 4) is 5.75 Å². The molecule has 4 nitrogen and oxygen atoms in total. The summed E-state index contributed by atoms with van der Waals surface area (Å²) in [6, 6.07) is 9.41. The molecule has 0 radical (unpaired) electrons. The number of hydrogen-bond acceptors (Lipinski definition) is 3. The molecule has 110 valence electrons. The van der Waals surface area contributed by atoms with E-state index in [9.17, 15) is 9.18 Å². The van der Waals surface area contributed by atoms with Gasteiger partial charge in [-0.2, -0.15) is 0 Å². The van der Waals surface area contributed by atoms with Crippen LogP contribution in [-0.2, 0) is 6.54 Å². The third-order valence-corrected chi connectivity index (χ3v) is 3.41. The Labute approximate surface area is 130 Å². The summed E-state index contributed by atoms with van der Waals surface area (Å²) in [6.07, 6.45) is 0. The number of rotatable bonds is 4. The molecule has 0 spiro atoms.